The summed E-state index contributed by atoms with van der Waals surface area (Å²) in [4.78, 5) is 23.0. The molecule has 0 bridgehead atoms. The second-order valence-corrected chi connectivity index (χ2v) is 6.89. The van der Waals surface area contributed by atoms with Crippen molar-refractivity contribution in [3.63, 3.8) is 0 Å². The number of aliphatic carboxylic acids is 1. The number of urea groups is 1. The molecule has 0 radical (unpaired) electrons. The van der Waals surface area contributed by atoms with Gasteiger partial charge in [0.05, 0.1) is 5.92 Å². The van der Waals surface area contributed by atoms with Crippen LogP contribution in [0.3, 0.4) is 0 Å². The molecule has 1 aromatic carbocycles. The first kappa shape index (κ1) is 15.8. The lowest BCUT2D eigenvalue weighted by molar-refractivity contribution is -0.142. The van der Waals surface area contributed by atoms with Gasteiger partial charge in [0.25, 0.3) is 0 Å². The summed E-state index contributed by atoms with van der Waals surface area (Å²) in [5, 5.41) is 18.1. The fourth-order valence-corrected chi connectivity index (χ4v) is 4.01. The summed E-state index contributed by atoms with van der Waals surface area (Å²) in [6.07, 6.45) is 2.72. The van der Waals surface area contributed by atoms with Crippen molar-refractivity contribution in [2.75, 3.05) is 0 Å². The molecule has 1 aliphatic carbocycles. The van der Waals surface area contributed by atoms with Gasteiger partial charge in [-0.3, -0.25) is 4.79 Å². The van der Waals surface area contributed by atoms with Crippen LogP contribution in [-0.4, -0.2) is 23.1 Å². The van der Waals surface area contributed by atoms with Crippen molar-refractivity contribution in [1.82, 2.24) is 10.6 Å². The minimum absolute atomic E-state index is 0.0723. The van der Waals surface area contributed by atoms with Crippen molar-refractivity contribution >= 4 is 33.4 Å². The first-order valence-corrected chi connectivity index (χ1v) is 8.73. The molecule has 1 heterocycles. The molecule has 1 aliphatic rings. The Hall–Kier alpha value is -2.08. The molecule has 0 spiro atoms. The molecule has 0 atom stereocenters. The Balaban J connectivity index is 1.49. The molecule has 3 N–H and O–H groups in total. The van der Waals surface area contributed by atoms with Gasteiger partial charge in [0.1, 0.15) is 0 Å². The number of rotatable bonds is 4. The van der Waals surface area contributed by atoms with Gasteiger partial charge >= 0.3 is 12.0 Å². The van der Waals surface area contributed by atoms with Crippen LogP contribution >= 0.6 is 11.3 Å². The number of carboxylic acids is 1. The highest BCUT2D eigenvalue weighted by molar-refractivity contribution is 7.17. The van der Waals surface area contributed by atoms with E-state index >= 15 is 0 Å². The number of hydrogen-bond donors (Lipinski definition) is 3. The van der Waals surface area contributed by atoms with E-state index in [0.29, 0.717) is 19.4 Å². The van der Waals surface area contributed by atoms with E-state index in [4.69, 9.17) is 5.11 Å². The molecule has 1 aromatic heterocycles. The van der Waals surface area contributed by atoms with E-state index in [9.17, 15) is 9.59 Å². The minimum Gasteiger partial charge on any atom is -0.481 e. The highest BCUT2D eigenvalue weighted by atomic mass is 32.1. The van der Waals surface area contributed by atoms with Crippen LogP contribution < -0.4 is 10.6 Å². The van der Waals surface area contributed by atoms with E-state index in [1.165, 1.54) is 10.1 Å². The standard InChI is InChI=1S/C17H20N2O3S/c20-16(21)12-4-6-14(7-5-12)19-17(22)18-10-13-3-1-2-11-8-9-23-15(11)13/h1-3,8-9,12,14H,4-7,10H2,(H,20,21)(H2,18,19,22). The Morgan fingerprint density at radius 2 is 1.96 bits per heavy atom. The average molecular weight is 332 g/mol. The summed E-state index contributed by atoms with van der Waals surface area (Å²) in [6.45, 7) is 0.494. The second kappa shape index (κ2) is 7.00. The average Bonchev–Trinajstić information content (AvgIpc) is 3.02. The lowest BCUT2D eigenvalue weighted by atomic mass is 9.86. The number of carbonyl (C=O) groups excluding carboxylic acids is 1. The first-order valence-electron chi connectivity index (χ1n) is 7.86. The van der Waals surface area contributed by atoms with Gasteiger partial charge in [0.2, 0.25) is 0 Å². The van der Waals surface area contributed by atoms with Crippen LogP contribution in [0.15, 0.2) is 29.6 Å². The summed E-state index contributed by atoms with van der Waals surface area (Å²) in [5.74, 6) is -0.982. The topological polar surface area (TPSA) is 78.4 Å². The van der Waals surface area contributed by atoms with Crippen molar-refractivity contribution < 1.29 is 14.7 Å². The summed E-state index contributed by atoms with van der Waals surface area (Å²) in [6, 6.07) is 8.05. The van der Waals surface area contributed by atoms with Crippen LogP contribution in [0.2, 0.25) is 0 Å². The van der Waals surface area contributed by atoms with Crippen molar-refractivity contribution in [2.45, 2.75) is 38.3 Å². The molecular weight excluding hydrogens is 312 g/mol. The molecule has 1 fully saturated rings. The summed E-state index contributed by atoms with van der Waals surface area (Å²) in [5.41, 5.74) is 1.11. The predicted molar refractivity (Wildman–Crippen MR) is 90.6 cm³/mol. The maximum atomic E-state index is 12.0. The van der Waals surface area contributed by atoms with Gasteiger partial charge in [-0.05, 0) is 48.1 Å². The van der Waals surface area contributed by atoms with Gasteiger partial charge in [-0.25, -0.2) is 4.79 Å². The van der Waals surface area contributed by atoms with Gasteiger partial charge in [-0.1, -0.05) is 18.2 Å². The van der Waals surface area contributed by atoms with Gasteiger partial charge in [0, 0.05) is 17.3 Å². The van der Waals surface area contributed by atoms with E-state index in [1.54, 1.807) is 11.3 Å². The van der Waals surface area contributed by atoms with Crippen LogP contribution in [0.25, 0.3) is 10.1 Å². The van der Waals surface area contributed by atoms with E-state index in [1.807, 2.05) is 12.1 Å². The second-order valence-electron chi connectivity index (χ2n) is 5.97. The third-order valence-corrected chi connectivity index (χ3v) is 5.42. The van der Waals surface area contributed by atoms with Crippen LogP contribution in [0.5, 0.6) is 0 Å². The zero-order valence-corrected chi connectivity index (χ0v) is 13.6. The summed E-state index contributed by atoms with van der Waals surface area (Å²) < 4.78 is 1.20. The number of nitrogens with one attached hydrogen (secondary N) is 2. The van der Waals surface area contributed by atoms with E-state index in [0.717, 1.165) is 18.4 Å². The molecule has 3 rings (SSSR count). The highest BCUT2D eigenvalue weighted by Gasteiger charge is 2.26. The maximum absolute atomic E-state index is 12.0. The molecule has 23 heavy (non-hydrogen) atoms. The van der Waals surface area contributed by atoms with Gasteiger partial charge < -0.3 is 15.7 Å². The number of amides is 2. The van der Waals surface area contributed by atoms with Crippen molar-refractivity contribution in [3.8, 4) is 0 Å². The third-order valence-electron chi connectivity index (χ3n) is 4.41. The molecule has 122 valence electrons. The molecule has 6 heteroatoms. The third kappa shape index (κ3) is 3.82. The van der Waals surface area contributed by atoms with E-state index < -0.39 is 5.97 Å². The Labute approximate surface area is 138 Å². The SMILES string of the molecule is O=C(NCc1cccc2ccsc12)NC1CCC(C(=O)O)CC1. The minimum atomic E-state index is -0.725. The van der Waals surface area contributed by atoms with Gasteiger partial charge in [-0.15, -0.1) is 11.3 Å². The van der Waals surface area contributed by atoms with Crippen molar-refractivity contribution in [2.24, 2.45) is 5.92 Å². The number of carboxylic acid groups (broad SMARTS) is 1. The van der Waals surface area contributed by atoms with Crippen molar-refractivity contribution in [1.29, 1.82) is 0 Å². The zero-order valence-electron chi connectivity index (χ0n) is 12.7. The molecule has 1 saturated carbocycles. The molecule has 2 aromatic rings. The molecule has 0 saturated heterocycles. The Kier molecular flexibility index (Phi) is 4.81. The van der Waals surface area contributed by atoms with Crippen molar-refractivity contribution in [3.05, 3.63) is 35.2 Å². The number of fused-ring (bicyclic) bond motifs is 1. The lowest BCUT2D eigenvalue weighted by Gasteiger charge is -2.26. The molecule has 0 unspecified atom stereocenters. The van der Waals surface area contributed by atoms with Crippen LogP contribution in [0.1, 0.15) is 31.2 Å². The first-order chi connectivity index (χ1) is 11.1. The van der Waals surface area contributed by atoms with Crippen LogP contribution in [0.4, 0.5) is 4.79 Å². The smallest absolute Gasteiger partial charge is 0.315 e. The van der Waals surface area contributed by atoms with E-state index in [-0.39, 0.29) is 18.0 Å². The zero-order chi connectivity index (χ0) is 16.2. The monoisotopic (exact) mass is 332 g/mol. The Morgan fingerprint density at radius 1 is 1.17 bits per heavy atom. The molecule has 2 amide bonds. The quantitative estimate of drug-likeness (QED) is 0.803. The number of benzene rings is 1. The normalized spacial score (nSPS) is 21.0. The molecular formula is C17H20N2O3S. The number of hydrogen-bond acceptors (Lipinski definition) is 3. The lowest BCUT2D eigenvalue weighted by Crippen LogP contribution is -2.43. The highest BCUT2D eigenvalue weighted by Crippen LogP contribution is 2.25. The maximum Gasteiger partial charge on any atom is 0.315 e. The number of thiophene rings is 1. The van der Waals surface area contributed by atoms with Crippen LogP contribution in [-0.2, 0) is 11.3 Å². The Morgan fingerprint density at radius 3 is 2.70 bits per heavy atom. The van der Waals surface area contributed by atoms with Crippen LogP contribution in [0, 0.1) is 5.92 Å². The molecule has 0 aliphatic heterocycles. The fraction of sp³-hybridized carbons (Fsp3) is 0.412. The van der Waals surface area contributed by atoms with Gasteiger partial charge in [0.15, 0.2) is 0 Å². The van der Waals surface area contributed by atoms with E-state index in [2.05, 4.69) is 28.1 Å². The van der Waals surface area contributed by atoms with Gasteiger partial charge in [-0.2, -0.15) is 0 Å². The largest absolute Gasteiger partial charge is 0.481 e. The predicted octanol–water partition coefficient (Wildman–Crippen LogP) is 3.34. The summed E-state index contributed by atoms with van der Waals surface area (Å²) >= 11 is 1.68. The Bertz CT molecular complexity index is 705. The molecule has 5 nitrogen and oxygen atoms in total. The fourth-order valence-electron chi connectivity index (χ4n) is 3.09. The summed E-state index contributed by atoms with van der Waals surface area (Å²) in [7, 11) is 0. The number of carbonyl (C=O) groups is 2.